The fourth-order valence-electron chi connectivity index (χ4n) is 4.47. The van der Waals surface area contributed by atoms with E-state index in [-0.39, 0.29) is 13.2 Å². The number of thioether (sulfide) groups is 1. The van der Waals surface area contributed by atoms with E-state index in [9.17, 15) is 9.90 Å². The second-order valence-electron chi connectivity index (χ2n) is 9.46. The van der Waals surface area contributed by atoms with Gasteiger partial charge in [-0.25, -0.2) is 4.79 Å². The van der Waals surface area contributed by atoms with Crippen molar-refractivity contribution in [3.8, 4) is 0 Å². The molecule has 5 rings (SSSR count). The van der Waals surface area contributed by atoms with E-state index < -0.39 is 35.8 Å². The first-order valence-electron chi connectivity index (χ1n) is 13.3. The van der Waals surface area contributed by atoms with Crippen LogP contribution in [0.1, 0.15) is 21.5 Å². The lowest BCUT2D eigenvalue weighted by Crippen LogP contribution is -2.60. The Kier molecular flexibility index (Phi) is 10.0. The Morgan fingerprint density at radius 3 is 1.90 bits per heavy atom. The molecule has 0 amide bonds. The van der Waals surface area contributed by atoms with Crippen molar-refractivity contribution in [3.63, 3.8) is 0 Å². The van der Waals surface area contributed by atoms with Crippen LogP contribution in [0.25, 0.3) is 0 Å². The second kappa shape index (κ2) is 14.3. The van der Waals surface area contributed by atoms with Gasteiger partial charge in [-0.1, -0.05) is 109 Å². The van der Waals surface area contributed by atoms with E-state index in [4.69, 9.17) is 18.9 Å². The van der Waals surface area contributed by atoms with Crippen LogP contribution in [0.4, 0.5) is 0 Å². The molecule has 4 aromatic carbocycles. The number of carbonyl (C=O) groups excluding carboxylic acids is 1. The number of hydrogen-bond acceptors (Lipinski definition) is 7. The van der Waals surface area contributed by atoms with E-state index in [1.807, 2.05) is 97.1 Å². The minimum atomic E-state index is -1.10. The molecule has 0 saturated carbocycles. The van der Waals surface area contributed by atoms with Gasteiger partial charge in [-0.3, -0.25) is 0 Å². The Morgan fingerprint density at radius 1 is 0.725 bits per heavy atom. The molecule has 5 atom stereocenters. The van der Waals surface area contributed by atoms with Gasteiger partial charge in [0.25, 0.3) is 0 Å². The van der Waals surface area contributed by atoms with Crippen molar-refractivity contribution >= 4 is 17.7 Å². The molecule has 0 bridgehead atoms. The van der Waals surface area contributed by atoms with E-state index in [2.05, 4.69) is 0 Å². The molecule has 0 radical (unpaired) electrons. The minimum absolute atomic E-state index is 0.145. The lowest BCUT2D eigenvalue weighted by Gasteiger charge is -2.43. The van der Waals surface area contributed by atoms with Gasteiger partial charge in [-0.15, -0.1) is 0 Å². The molecule has 0 unspecified atom stereocenters. The van der Waals surface area contributed by atoms with Gasteiger partial charge in [0.05, 0.1) is 25.4 Å². The highest BCUT2D eigenvalue weighted by Crippen LogP contribution is 2.37. The molecule has 206 valence electrons. The maximum Gasteiger partial charge on any atom is 0.338 e. The number of rotatable bonds is 11. The molecule has 1 heterocycles. The first kappa shape index (κ1) is 28.1. The van der Waals surface area contributed by atoms with Crippen molar-refractivity contribution in [3.05, 3.63) is 138 Å². The van der Waals surface area contributed by atoms with Crippen LogP contribution >= 0.6 is 11.8 Å². The molecule has 6 nitrogen and oxygen atoms in total. The fourth-order valence-corrected chi connectivity index (χ4v) is 5.60. The van der Waals surface area contributed by atoms with Crippen LogP contribution in [-0.2, 0) is 32.2 Å². The average molecular weight is 557 g/mol. The highest BCUT2D eigenvalue weighted by Gasteiger charge is 2.49. The van der Waals surface area contributed by atoms with E-state index in [0.29, 0.717) is 12.2 Å². The first-order valence-corrected chi connectivity index (χ1v) is 14.1. The van der Waals surface area contributed by atoms with Gasteiger partial charge in [0, 0.05) is 4.90 Å². The standard InChI is InChI=1S/C33H32O6S/c34-29-28(23-36-21-24-13-5-1-6-14-24)38-33(40-27-19-11-4-12-20-27)31(39-32(35)26-17-9-3-10-18-26)30(29)37-22-25-15-7-2-8-16-25/h1-20,28-31,33-34H,21-23H2/t28-,29-,30+,31-,33+/m1/s1. The largest absolute Gasteiger partial charge is 0.452 e. The zero-order chi connectivity index (χ0) is 27.6. The summed E-state index contributed by atoms with van der Waals surface area (Å²) < 4.78 is 24.7. The number of esters is 1. The summed E-state index contributed by atoms with van der Waals surface area (Å²) in [6, 6.07) is 38.1. The van der Waals surface area contributed by atoms with Gasteiger partial charge in [0.15, 0.2) is 6.10 Å². The molecular weight excluding hydrogens is 524 g/mol. The zero-order valence-corrected chi connectivity index (χ0v) is 22.8. The molecule has 0 aromatic heterocycles. The van der Waals surface area contributed by atoms with Crippen LogP contribution in [0.15, 0.2) is 126 Å². The van der Waals surface area contributed by atoms with Gasteiger partial charge in [0.1, 0.15) is 23.7 Å². The molecule has 0 aliphatic carbocycles. The van der Waals surface area contributed by atoms with E-state index in [0.717, 1.165) is 16.0 Å². The monoisotopic (exact) mass is 556 g/mol. The summed E-state index contributed by atoms with van der Waals surface area (Å²) in [6.45, 7) is 0.764. The zero-order valence-electron chi connectivity index (χ0n) is 22.0. The molecule has 1 aliphatic heterocycles. The summed E-state index contributed by atoms with van der Waals surface area (Å²) in [5.41, 5.74) is 1.73. The molecule has 0 spiro atoms. The third kappa shape index (κ3) is 7.59. The Hall–Kier alpha value is -3.46. The Balaban J connectivity index is 1.39. The third-order valence-electron chi connectivity index (χ3n) is 6.55. The molecular formula is C33H32O6S. The lowest BCUT2D eigenvalue weighted by atomic mass is 9.99. The van der Waals surface area contributed by atoms with Crippen LogP contribution in [-0.4, -0.2) is 47.5 Å². The maximum absolute atomic E-state index is 13.2. The number of carbonyl (C=O) groups is 1. The van der Waals surface area contributed by atoms with Gasteiger partial charge in [-0.2, -0.15) is 0 Å². The molecule has 1 fully saturated rings. The highest BCUT2D eigenvalue weighted by atomic mass is 32.2. The van der Waals surface area contributed by atoms with Gasteiger partial charge >= 0.3 is 5.97 Å². The molecule has 7 heteroatoms. The number of ether oxygens (including phenoxy) is 4. The second-order valence-corrected chi connectivity index (χ2v) is 10.6. The predicted molar refractivity (Wildman–Crippen MR) is 154 cm³/mol. The van der Waals surface area contributed by atoms with Crippen LogP contribution in [0.3, 0.4) is 0 Å². The van der Waals surface area contributed by atoms with Crippen LogP contribution in [0.2, 0.25) is 0 Å². The number of aliphatic hydroxyl groups is 1. The van der Waals surface area contributed by atoms with Gasteiger partial charge in [-0.05, 0) is 35.4 Å². The summed E-state index contributed by atoms with van der Waals surface area (Å²) in [7, 11) is 0. The minimum Gasteiger partial charge on any atom is -0.452 e. The number of hydrogen-bond donors (Lipinski definition) is 1. The van der Waals surface area contributed by atoms with Crippen LogP contribution in [0.5, 0.6) is 0 Å². The smallest absolute Gasteiger partial charge is 0.338 e. The number of benzene rings is 4. The van der Waals surface area contributed by atoms with Crippen LogP contribution < -0.4 is 0 Å². The first-order chi connectivity index (χ1) is 19.7. The molecule has 1 aliphatic rings. The lowest BCUT2D eigenvalue weighted by molar-refractivity contribution is -0.227. The molecule has 1 N–H and O–H groups in total. The van der Waals surface area contributed by atoms with Crippen molar-refractivity contribution in [2.75, 3.05) is 6.61 Å². The summed E-state index contributed by atoms with van der Waals surface area (Å²) in [5, 5.41) is 11.5. The quantitative estimate of drug-likeness (QED) is 0.231. The predicted octanol–water partition coefficient (Wildman–Crippen LogP) is 5.89. The summed E-state index contributed by atoms with van der Waals surface area (Å²) in [5.74, 6) is -0.507. The van der Waals surface area contributed by atoms with Gasteiger partial charge < -0.3 is 24.1 Å². The Labute approximate surface area is 238 Å². The van der Waals surface area contributed by atoms with Crippen molar-refractivity contribution in [1.29, 1.82) is 0 Å². The molecule has 1 saturated heterocycles. The van der Waals surface area contributed by atoms with Crippen molar-refractivity contribution < 1.29 is 28.8 Å². The maximum atomic E-state index is 13.2. The van der Waals surface area contributed by atoms with Crippen molar-refractivity contribution in [2.45, 2.75) is 48.0 Å². The van der Waals surface area contributed by atoms with Crippen molar-refractivity contribution in [2.24, 2.45) is 0 Å². The molecule has 4 aromatic rings. The fraction of sp³-hybridized carbons (Fsp3) is 0.242. The topological polar surface area (TPSA) is 74.2 Å². The Bertz CT molecular complexity index is 1310. The van der Waals surface area contributed by atoms with Crippen LogP contribution in [0, 0.1) is 0 Å². The average Bonchev–Trinajstić information content (AvgIpc) is 3.01. The molecule has 40 heavy (non-hydrogen) atoms. The van der Waals surface area contributed by atoms with E-state index in [1.165, 1.54) is 11.8 Å². The summed E-state index contributed by atoms with van der Waals surface area (Å²) in [6.07, 6.45) is -3.53. The Morgan fingerprint density at radius 2 is 1.27 bits per heavy atom. The van der Waals surface area contributed by atoms with Gasteiger partial charge in [0.2, 0.25) is 0 Å². The van der Waals surface area contributed by atoms with E-state index in [1.54, 1.807) is 24.3 Å². The van der Waals surface area contributed by atoms with E-state index >= 15 is 0 Å². The van der Waals surface area contributed by atoms with Crippen molar-refractivity contribution in [1.82, 2.24) is 0 Å². The highest BCUT2D eigenvalue weighted by molar-refractivity contribution is 7.99. The number of aliphatic hydroxyl groups excluding tert-OH is 1. The third-order valence-corrected chi connectivity index (χ3v) is 7.70. The summed E-state index contributed by atoms with van der Waals surface area (Å²) in [4.78, 5) is 14.1. The SMILES string of the molecule is O=C(O[C@@H]1[C@@H](OCc2ccccc2)[C@H](O)[C@@H](COCc2ccccc2)O[C@H]1Sc1ccccc1)c1ccccc1. The summed E-state index contributed by atoms with van der Waals surface area (Å²) >= 11 is 1.42. The normalized spacial score (nSPS) is 22.5.